The highest BCUT2D eigenvalue weighted by atomic mass is 127. The fraction of sp³-hybridized carbons (Fsp3) is 0.357. The summed E-state index contributed by atoms with van der Waals surface area (Å²) < 4.78 is 1.25. The molecule has 94 valence electrons. The van der Waals surface area contributed by atoms with E-state index in [0.717, 1.165) is 11.5 Å². The van der Waals surface area contributed by atoms with E-state index in [9.17, 15) is 0 Å². The summed E-state index contributed by atoms with van der Waals surface area (Å²) >= 11 is 2.32. The van der Waals surface area contributed by atoms with E-state index in [1.165, 1.54) is 28.5 Å². The van der Waals surface area contributed by atoms with Crippen molar-refractivity contribution in [1.29, 1.82) is 0 Å². The van der Waals surface area contributed by atoms with E-state index in [1.54, 1.807) is 0 Å². The zero-order chi connectivity index (χ0) is 12.5. The number of rotatable bonds is 2. The van der Waals surface area contributed by atoms with Gasteiger partial charge in [0, 0.05) is 15.3 Å². The molecule has 1 aromatic heterocycles. The van der Waals surface area contributed by atoms with Crippen LogP contribution in [0.5, 0.6) is 0 Å². The third-order valence-electron chi connectivity index (χ3n) is 3.57. The maximum atomic E-state index is 4.74. The first-order chi connectivity index (χ1) is 8.74. The van der Waals surface area contributed by atoms with Gasteiger partial charge in [0.2, 0.25) is 0 Å². The molecule has 0 amide bonds. The predicted molar refractivity (Wildman–Crippen MR) is 81.3 cm³/mol. The molecular formula is C14H16IN3. The fourth-order valence-electron chi connectivity index (χ4n) is 2.53. The minimum atomic E-state index is 0.461. The zero-order valence-electron chi connectivity index (χ0n) is 10.4. The van der Waals surface area contributed by atoms with Crippen LogP contribution in [-0.2, 0) is 0 Å². The molecule has 1 aliphatic heterocycles. The van der Waals surface area contributed by atoms with Crippen molar-refractivity contribution >= 4 is 22.6 Å². The molecule has 3 nitrogen and oxygen atoms in total. The second kappa shape index (κ2) is 5.01. The Hall–Kier alpha value is -0.880. The molecule has 1 unspecified atom stereocenters. The summed E-state index contributed by atoms with van der Waals surface area (Å²) in [4.78, 5) is 10.5. The summed E-state index contributed by atoms with van der Waals surface area (Å²) in [6.45, 7) is 1.17. The number of benzene rings is 1. The molecule has 1 saturated heterocycles. The summed E-state index contributed by atoms with van der Waals surface area (Å²) in [6.07, 6.45) is 4.49. The molecule has 0 radical (unpaired) electrons. The van der Waals surface area contributed by atoms with Gasteiger partial charge in [0.1, 0.15) is 5.82 Å². The number of nitrogens with one attached hydrogen (secondary N) is 1. The Morgan fingerprint density at radius 3 is 2.78 bits per heavy atom. The van der Waals surface area contributed by atoms with E-state index in [0.29, 0.717) is 6.04 Å². The lowest BCUT2D eigenvalue weighted by Gasteiger charge is -2.16. The Labute approximate surface area is 121 Å². The number of hydrogen-bond donors (Lipinski definition) is 1. The molecule has 4 heteroatoms. The van der Waals surface area contributed by atoms with Gasteiger partial charge in [-0.05, 0) is 61.2 Å². The van der Waals surface area contributed by atoms with Gasteiger partial charge in [-0.3, -0.25) is 4.90 Å². The van der Waals surface area contributed by atoms with Gasteiger partial charge in [0.05, 0.1) is 11.7 Å². The van der Waals surface area contributed by atoms with Gasteiger partial charge in [0.25, 0.3) is 0 Å². The number of likely N-dealkylation sites (tertiary alicyclic amines) is 1. The smallest absolute Gasteiger partial charge is 0.124 e. The number of aromatic nitrogens is 2. The van der Waals surface area contributed by atoms with Crippen LogP contribution in [0.3, 0.4) is 0 Å². The predicted octanol–water partition coefficient (Wildman–Crippen LogP) is 3.45. The third kappa shape index (κ3) is 2.31. The summed E-state index contributed by atoms with van der Waals surface area (Å²) in [5, 5.41) is 0. The van der Waals surface area contributed by atoms with Crippen molar-refractivity contribution in [2.75, 3.05) is 13.6 Å². The molecule has 2 aromatic rings. The van der Waals surface area contributed by atoms with Gasteiger partial charge < -0.3 is 4.98 Å². The minimum absolute atomic E-state index is 0.461. The van der Waals surface area contributed by atoms with Crippen LogP contribution in [0, 0.1) is 3.57 Å². The van der Waals surface area contributed by atoms with Crippen molar-refractivity contribution in [3.05, 3.63) is 39.9 Å². The Bertz CT molecular complexity index is 532. The molecule has 18 heavy (non-hydrogen) atoms. The van der Waals surface area contributed by atoms with E-state index < -0.39 is 0 Å². The average Bonchev–Trinajstić information content (AvgIpc) is 2.98. The zero-order valence-corrected chi connectivity index (χ0v) is 12.5. The first-order valence-electron chi connectivity index (χ1n) is 6.25. The topological polar surface area (TPSA) is 31.9 Å². The van der Waals surface area contributed by atoms with Crippen molar-refractivity contribution in [2.24, 2.45) is 0 Å². The highest BCUT2D eigenvalue weighted by molar-refractivity contribution is 14.1. The molecule has 1 atom stereocenters. The normalized spacial score (nSPS) is 20.4. The van der Waals surface area contributed by atoms with E-state index in [-0.39, 0.29) is 0 Å². The Morgan fingerprint density at radius 1 is 1.33 bits per heavy atom. The maximum Gasteiger partial charge on any atom is 0.124 e. The van der Waals surface area contributed by atoms with Crippen LogP contribution in [0.1, 0.15) is 24.7 Å². The highest BCUT2D eigenvalue weighted by Crippen LogP contribution is 2.29. The summed E-state index contributed by atoms with van der Waals surface area (Å²) in [5.74, 6) is 1.10. The second-order valence-corrected chi connectivity index (χ2v) is 6.06. The quantitative estimate of drug-likeness (QED) is 0.839. The summed E-state index contributed by atoms with van der Waals surface area (Å²) in [6, 6.07) is 8.94. The molecule has 0 bridgehead atoms. The number of halogens is 1. The van der Waals surface area contributed by atoms with Gasteiger partial charge in [-0.1, -0.05) is 12.1 Å². The molecule has 1 aromatic carbocycles. The molecule has 0 aliphatic carbocycles. The number of aromatic amines is 1. The van der Waals surface area contributed by atoms with E-state index in [2.05, 4.69) is 63.8 Å². The van der Waals surface area contributed by atoms with Crippen molar-refractivity contribution in [2.45, 2.75) is 18.9 Å². The second-order valence-electron chi connectivity index (χ2n) is 4.82. The Morgan fingerprint density at radius 2 is 2.11 bits per heavy atom. The van der Waals surface area contributed by atoms with Crippen molar-refractivity contribution in [3.8, 4) is 11.3 Å². The van der Waals surface area contributed by atoms with Gasteiger partial charge in [0.15, 0.2) is 0 Å². The molecular weight excluding hydrogens is 337 g/mol. The monoisotopic (exact) mass is 353 g/mol. The highest BCUT2D eigenvalue weighted by Gasteiger charge is 2.25. The fourth-order valence-corrected chi connectivity index (χ4v) is 2.89. The maximum absolute atomic E-state index is 4.74. The number of hydrogen-bond acceptors (Lipinski definition) is 2. The standard InChI is InChI=1S/C14H16IN3/c1-18-8-2-3-13(18)14-16-9-12(17-14)10-4-6-11(15)7-5-10/h4-7,9,13H,2-3,8H2,1H3,(H,16,17). The first-order valence-corrected chi connectivity index (χ1v) is 7.33. The van der Waals surface area contributed by atoms with Crippen LogP contribution in [0.15, 0.2) is 30.5 Å². The van der Waals surface area contributed by atoms with Gasteiger partial charge in [-0.2, -0.15) is 0 Å². The molecule has 1 aliphatic rings. The van der Waals surface area contributed by atoms with Gasteiger partial charge in [-0.15, -0.1) is 0 Å². The van der Waals surface area contributed by atoms with Crippen LogP contribution >= 0.6 is 22.6 Å². The Balaban J connectivity index is 1.87. The molecule has 0 saturated carbocycles. The van der Waals surface area contributed by atoms with Crippen molar-refractivity contribution < 1.29 is 0 Å². The van der Waals surface area contributed by atoms with Crippen LogP contribution in [0.2, 0.25) is 0 Å². The summed E-state index contributed by atoms with van der Waals surface area (Å²) in [5.41, 5.74) is 2.22. The average molecular weight is 353 g/mol. The Kier molecular flexibility index (Phi) is 3.39. The molecule has 1 N–H and O–H groups in total. The third-order valence-corrected chi connectivity index (χ3v) is 4.29. The van der Waals surface area contributed by atoms with E-state index in [4.69, 9.17) is 4.98 Å². The van der Waals surface area contributed by atoms with Crippen molar-refractivity contribution in [3.63, 3.8) is 0 Å². The molecule has 0 spiro atoms. The first kappa shape index (κ1) is 12.2. The van der Waals surface area contributed by atoms with Crippen molar-refractivity contribution in [1.82, 2.24) is 14.9 Å². The van der Waals surface area contributed by atoms with Crippen LogP contribution in [0.4, 0.5) is 0 Å². The minimum Gasteiger partial charge on any atom is -0.347 e. The number of imidazole rings is 1. The van der Waals surface area contributed by atoms with Gasteiger partial charge >= 0.3 is 0 Å². The largest absolute Gasteiger partial charge is 0.347 e. The molecule has 1 fully saturated rings. The van der Waals surface area contributed by atoms with Crippen LogP contribution < -0.4 is 0 Å². The van der Waals surface area contributed by atoms with E-state index in [1.807, 2.05) is 6.20 Å². The molecule has 2 heterocycles. The van der Waals surface area contributed by atoms with Crippen LogP contribution in [0.25, 0.3) is 11.3 Å². The van der Waals surface area contributed by atoms with E-state index >= 15 is 0 Å². The SMILES string of the molecule is CN1CCCC1c1nc(-c2ccc(I)cc2)c[nH]1. The number of H-pyrrole nitrogens is 1. The van der Waals surface area contributed by atoms with Crippen LogP contribution in [-0.4, -0.2) is 28.5 Å². The summed E-state index contributed by atoms with van der Waals surface area (Å²) in [7, 11) is 2.17. The lowest BCUT2D eigenvalue weighted by atomic mass is 10.2. The lowest BCUT2D eigenvalue weighted by molar-refractivity contribution is 0.307. The lowest BCUT2D eigenvalue weighted by Crippen LogP contribution is -2.18. The molecule has 3 rings (SSSR count). The van der Waals surface area contributed by atoms with Gasteiger partial charge in [-0.25, -0.2) is 4.98 Å². The number of nitrogens with zero attached hydrogens (tertiary/aromatic N) is 2.